The van der Waals surface area contributed by atoms with Crippen molar-refractivity contribution >= 4 is 17.6 Å². The van der Waals surface area contributed by atoms with Gasteiger partial charge >= 0.3 is 0 Å². The quantitative estimate of drug-likeness (QED) is 0.696. The van der Waals surface area contributed by atoms with Gasteiger partial charge in [0.05, 0.1) is 19.7 Å². The molecule has 2 rings (SSSR count). The third kappa shape index (κ3) is 5.86. The molecule has 1 aromatic rings. The minimum atomic E-state index is -0.380. The van der Waals surface area contributed by atoms with Gasteiger partial charge in [0.1, 0.15) is 0 Å². The Morgan fingerprint density at radius 3 is 2.78 bits per heavy atom. The van der Waals surface area contributed by atoms with Gasteiger partial charge in [-0.25, -0.2) is 4.98 Å². The van der Waals surface area contributed by atoms with E-state index in [4.69, 9.17) is 10.5 Å². The van der Waals surface area contributed by atoms with Crippen molar-refractivity contribution in [2.75, 3.05) is 25.0 Å². The number of rotatable bonds is 7. The van der Waals surface area contributed by atoms with Gasteiger partial charge in [0.2, 0.25) is 11.8 Å². The summed E-state index contributed by atoms with van der Waals surface area (Å²) in [7, 11) is 0. The van der Waals surface area contributed by atoms with E-state index in [1.54, 1.807) is 18.3 Å². The minimum absolute atomic E-state index is 0.144. The second kappa shape index (κ2) is 9.09. The van der Waals surface area contributed by atoms with E-state index in [-0.39, 0.29) is 24.9 Å². The third-order valence-electron chi connectivity index (χ3n) is 3.86. The topological polar surface area (TPSA) is 106 Å². The number of amides is 2. The first-order valence-corrected chi connectivity index (χ1v) is 8.03. The van der Waals surface area contributed by atoms with Gasteiger partial charge in [-0.2, -0.15) is 0 Å². The average molecular weight is 320 g/mol. The molecule has 1 aromatic heterocycles. The fourth-order valence-electron chi connectivity index (χ4n) is 2.59. The molecule has 126 valence electrons. The zero-order valence-electron chi connectivity index (χ0n) is 13.2. The molecule has 0 bridgehead atoms. The Labute approximate surface area is 136 Å². The van der Waals surface area contributed by atoms with Crippen molar-refractivity contribution < 1.29 is 14.3 Å². The lowest BCUT2D eigenvalue weighted by Gasteiger charge is -2.22. The number of nitrogens with one attached hydrogen (secondary N) is 2. The maximum absolute atomic E-state index is 11.8. The predicted molar refractivity (Wildman–Crippen MR) is 87.0 cm³/mol. The van der Waals surface area contributed by atoms with Crippen LogP contribution in [0.25, 0.3) is 0 Å². The molecule has 0 aliphatic heterocycles. The molecule has 0 atom stereocenters. The molecule has 1 heterocycles. The van der Waals surface area contributed by atoms with Gasteiger partial charge < -0.3 is 21.1 Å². The smallest absolute Gasteiger partial charge is 0.245 e. The first kappa shape index (κ1) is 17.2. The summed E-state index contributed by atoms with van der Waals surface area (Å²) < 4.78 is 5.84. The number of carbonyl (C=O) groups is 2. The predicted octanol–water partition coefficient (Wildman–Crippen LogP) is 1.05. The first-order chi connectivity index (χ1) is 11.2. The second-order valence-corrected chi connectivity index (χ2v) is 5.69. The van der Waals surface area contributed by atoms with E-state index in [1.807, 2.05) is 0 Å². The number of carbonyl (C=O) groups excluding carboxylic acids is 2. The van der Waals surface area contributed by atoms with Crippen LogP contribution >= 0.6 is 0 Å². The molecule has 23 heavy (non-hydrogen) atoms. The third-order valence-corrected chi connectivity index (χ3v) is 3.86. The van der Waals surface area contributed by atoms with Gasteiger partial charge in [-0.05, 0) is 30.9 Å². The van der Waals surface area contributed by atoms with E-state index in [9.17, 15) is 9.59 Å². The van der Waals surface area contributed by atoms with Crippen LogP contribution < -0.4 is 21.1 Å². The standard InChI is InChI=1S/C16H24N4O3/c17-9-14(21)19-10-15(22)20-16-13(7-4-8-18-16)23-11-12-5-2-1-3-6-12/h4,7-8,12H,1-3,5-6,9-11,17H2,(H,19,21)(H,18,20,22). The largest absolute Gasteiger partial charge is 0.489 e. The summed E-state index contributed by atoms with van der Waals surface area (Å²) in [5.41, 5.74) is 5.17. The fourth-order valence-corrected chi connectivity index (χ4v) is 2.59. The summed E-state index contributed by atoms with van der Waals surface area (Å²) in [6.45, 7) is 0.347. The number of anilines is 1. The first-order valence-electron chi connectivity index (χ1n) is 8.03. The summed E-state index contributed by atoms with van der Waals surface area (Å²) in [6, 6.07) is 3.55. The Morgan fingerprint density at radius 2 is 2.04 bits per heavy atom. The van der Waals surface area contributed by atoms with E-state index in [1.165, 1.54) is 32.1 Å². The van der Waals surface area contributed by atoms with Crippen LogP contribution in [0.4, 0.5) is 5.82 Å². The highest BCUT2D eigenvalue weighted by Crippen LogP contribution is 2.26. The average Bonchev–Trinajstić information content (AvgIpc) is 2.59. The lowest BCUT2D eigenvalue weighted by Crippen LogP contribution is -2.36. The summed E-state index contributed by atoms with van der Waals surface area (Å²) in [6.07, 6.45) is 7.78. The van der Waals surface area contributed by atoms with Crippen molar-refractivity contribution in [1.29, 1.82) is 0 Å². The molecular weight excluding hydrogens is 296 g/mol. The van der Waals surface area contributed by atoms with Crippen molar-refractivity contribution in [3.63, 3.8) is 0 Å². The lowest BCUT2D eigenvalue weighted by atomic mass is 9.90. The summed E-state index contributed by atoms with van der Waals surface area (Å²) >= 11 is 0. The molecule has 0 unspecified atom stereocenters. The molecule has 7 nitrogen and oxygen atoms in total. The molecule has 1 saturated carbocycles. The van der Waals surface area contributed by atoms with Crippen LogP contribution in [-0.2, 0) is 9.59 Å². The molecular formula is C16H24N4O3. The van der Waals surface area contributed by atoms with Crippen LogP contribution in [0.5, 0.6) is 5.75 Å². The van der Waals surface area contributed by atoms with Crippen LogP contribution in [0, 0.1) is 5.92 Å². The Kier molecular flexibility index (Phi) is 6.80. The van der Waals surface area contributed by atoms with Crippen LogP contribution in [0.1, 0.15) is 32.1 Å². The molecule has 4 N–H and O–H groups in total. The van der Waals surface area contributed by atoms with Crippen LogP contribution in [0.2, 0.25) is 0 Å². The van der Waals surface area contributed by atoms with Crippen molar-refractivity contribution in [2.45, 2.75) is 32.1 Å². The van der Waals surface area contributed by atoms with Crippen LogP contribution in [-0.4, -0.2) is 36.5 Å². The second-order valence-electron chi connectivity index (χ2n) is 5.69. The molecule has 0 saturated heterocycles. The highest BCUT2D eigenvalue weighted by molar-refractivity contribution is 5.94. The summed E-state index contributed by atoms with van der Waals surface area (Å²) in [4.78, 5) is 27.0. The SMILES string of the molecule is NCC(=O)NCC(=O)Nc1ncccc1OCC1CCCCC1. The van der Waals surface area contributed by atoms with Crippen molar-refractivity contribution in [3.05, 3.63) is 18.3 Å². The lowest BCUT2D eigenvalue weighted by molar-refractivity contribution is -0.123. The Bertz CT molecular complexity index is 530. The van der Waals surface area contributed by atoms with E-state index >= 15 is 0 Å². The number of ether oxygens (including phenoxy) is 1. The number of nitrogens with two attached hydrogens (primary N) is 1. The summed E-state index contributed by atoms with van der Waals surface area (Å²) in [5.74, 6) is 0.742. The van der Waals surface area contributed by atoms with Crippen molar-refractivity contribution in [1.82, 2.24) is 10.3 Å². The van der Waals surface area contributed by atoms with Gasteiger partial charge in [-0.3, -0.25) is 9.59 Å². The zero-order valence-corrected chi connectivity index (χ0v) is 13.2. The Hall–Kier alpha value is -2.15. The van der Waals surface area contributed by atoms with E-state index < -0.39 is 0 Å². The minimum Gasteiger partial charge on any atom is -0.489 e. The number of hydrogen-bond acceptors (Lipinski definition) is 5. The highest BCUT2D eigenvalue weighted by Gasteiger charge is 2.16. The number of nitrogens with zero attached hydrogens (tertiary/aromatic N) is 1. The van der Waals surface area contributed by atoms with Gasteiger partial charge in [0.25, 0.3) is 0 Å². The molecule has 7 heteroatoms. The normalized spacial score (nSPS) is 15.0. The van der Waals surface area contributed by atoms with E-state index in [0.29, 0.717) is 24.1 Å². The number of hydrogen-bond donors (Lipinski definition) is 3. The fraction of sp³-hybridized carbons (Fsp3) is 0.562. The van der Waals surface area contributed by atoms with E-state index in [0.717, 1.165) is 0 Å². The molecule has 0 aromatic carbocycles. The zero-order chi connectivity index (χ0) is 16.5. The van der Waals surface area contributed by atoms with E-state index in [2.05, 4.69) is 15.6 Å². The van der Waals surface area contributed by atoms with Crippen LogP contribution in [0.15, 0.2) is 18.3 Å². The molecule has 1 fully saturated rings. The summed E-state index contributed by atoms with van der Waals surface area (Å²) in [5, 5.41) is 5.06. The molecule has 1 aliphatic rings. The van der Waals surface area contributed by atoms with Gasteiger partial charge in [0.15, 0.2) is 11.6 Å². The monoisotopic (exact) mass is 320 g/mol. The van der Waals surface area contributed by atoms with Gasteiger partial charge in [-0.15, -0.1) is 0 Å². The van der Waals surface area contributed by atoms with Crippen molar-refractivity contribution in [3.8, 4) is 5.75 Å². The van der Waals surface area contributed by atoms with Crippen molar-refractivity contribution in [2.24, 2.45) is 11.7 Å². The molecule has 1 aliphatic carbocycles. The molecule has 0 spiro atoms. The molecule has 0 radical (unpaired) electrons. The number of pyridine rings is 1. The Morgan fingerprint density at radius 1 is 1.26 bits per heavy atom. The van der Waals surface area contributed by atoms with Crippen LogP contribution in [0.3, 0.4) is 0 Å². The number of aromatic nitrogens is 1. The molecule has 2 amide bonds. The highest BCUT2D eigenvalue weighted by atomic mass is 16.5. The maximum atomic E-state index is 11.8. The van der Waals surface area contributed by atoms with Gasteiger partial charge in [-0.1, -0.05) is 19.3 Å². The maximum Gasteiger partial charge on any atom is 0.245 e. The van der Waals surface area contributed by atoms with Gasteiger partial charge in [0, 0.05) is 6.20 Å². The Balaban J connectivity index is 1.86.